The van der Waals surface area contributed by atoms with Crippen molar-refractivity contribution in [2.45, 2.75) is 13.0 Å². The minimum Gasteiger partial charge on any atom is -0.508 e. The maximum absolute atomic E-state index is 13.6. The van der Waals surface area contributed by atoms with Gasteiger partial charge in [0.1, 0.15) is 5.75 Å². The van der Waals surface area contributed by atoms with Gasteiger partial charge in [0.05, 0.1) is 21.8 Å². The van der Waals surface area contributed by atoms with E-state index in [9.17, 15) is 14.7 Å². The van der Waals surface area contributed by atoms with Crippen molar-refractivity contribution < 1.29 is 9.90 Å². The van der Waals surface area contributed by atoms with Crippen LogP contribution in [0.1, 0.15) is 24.1 Å². The highest BCUT2D eigenvalue weighted by molar-refractivity contribution is 7.07. The van der Waals surface area contributed by atoms with Crippen LogP contribution in [0.4, 0.5) is 5.69 Å². The van der Waals surface area contributed by atoms with Crippen LogP contribution < -0.4 is 20.2 Å². The van der Waals surface area contributed by atoms with Gasteiger partial charge in [0.15, 0.2) is 4.80 Å². The third kappa shape index (κ3) is 4.56. The number of aromatic hydroxyl groups is 1. The number of carbonyl (C=O) groups excluding carboxylic acids is 1. The first-order chi connectivity index (χ1) is 16.9. The molecule has 0 unspecified atom stereocenters. The van der Waals surface area contributed by atoms with E-state index in [-0.39, 0.29) is 17.2 Å². The van der Waals surface area contributed by atoms with Crippen LogP contribution >= 0.6 is 22.9 Å². The number of thiazole rings is 1. The van der Waals surface area contributed by atoms with Crippen molar-refractivity contribution in [2.24, 2.45) is 4.99 Å². The van der Waals surface area contributed by atoms with Crippen LogP contribution in [0.5, 0.6) is 5.75 Å². The molecule has 1 aromatic heterocycles. The van der Waals surface area contributed by atoms with E-state index >= 15 is 0 Å². The number of amides is 1. The summed E-state index contributed by atoms with van der Waals surface area (Å²) in [6.45, 7) is 1.77. The third-order valence-electron chi connectivity index (χ3n) is 5.65. The maximum atomic E-state index is 13.6. The Kier molecular flexibility index (Phi) is 6.11. The minimum absolute atomic E-state index is 0.112. The number of fused-ring (bicyclic) bond motifs is 1. The molecule has 0 bridgehead atoms. The molecule has 0 aliphatic carbocycles. The van der Waals surface area contributed by atoms with E-state index in [0.29, 0.717) is 36.9 Å². The van der Waals surface area contributed by atoms with Crippen LogP contribution in [0.2, 0.25) is 5.02 Å². The SMILES string of the molecule is CC1=C(C(=O)Nc2ccccc2)[C@H](c2ccc(Cl)cc2)n2c(s/c(=C/c3cccc(O)c3)c2=O)=N1. The molecule has 0 saturated heterocycles. The van der Waals surface area contributed by atoms with Crippen LogP contribution in [0.3, 0.4) is 0 Å². The van der Waals surface area contributed by atoms with Crippen molar-refractivity contribution in [2.75, 3.05) is 5.32 Å². The summed E-state index contributed by atoms with van der Waals surface area (Å²) in [6.07, 6.45) is 1.71. The van der Waals surface area contributed by atoms with Crippen LogP contribution in [0, 0.1) is 0 Å². The number of aromatic nitrogens is 1. The molecule has 0 radical (unpaired) electrons. The molecule has 6 nitrogen and oxygen atoms in total. The van der Waals surface area contributed by atoms with Crippen LogP contribution in [0.25, 0.3) is 6.08 Å². The molecule has 1 amide bonds. The van der Waals surface area contributed by atoms with Gasteiger partial charge < -0.3 is 10.4 Å². The Morgan fingerprint density at radius 3 is 2.54 bits per heavy atom. The smallest absolute Gasteiger partial charge is 0.271 e. The summed E-state index contributed by atoms with van der Waals surface area (Å²) in [5.41, 5.74) is 2.72. The topological polar surface area (TPSA) is 83.7 Å². The van der Waals surface area contributed by atoms with Gasteiger partial charge in [-0.2, -0.15) is 0 Å². The molecule has 0 spiro atoms. The summed E-state index contributed by atoms with van der Waals surface area (Å²) in [6, 6.07) is 22.2. The fourth-order valence-electron chi connectivity index (χ4n) is 4.06. The average molecular weight is 502 g/mol. The fraction of sp³-hybridized carbons (Fsp3) is 0.0741. The lowest BCUT2D eigenvalue weighted by molar-refractivity contribution is -0.113. The first kappa shape index (κ1) is 22.8. The van der Waals surface area contributed by atoms with Crippen molar-refractivity contribution in [3.05, 3.63) is 126 Å². The number of benzene rings is 3. The summed E-state index contributed by atoms with van der Waals surface area (Å²) in [4.78, 5) is 32.2. The van der Waals surface area contributed by atoms with E-state index in [1.807, 2.05) is 30.3 Å². The number of allylic oxidation sites excluding steroid dienone is 1. The van der Waals surface area contributed by atoms with Crippen LogP contribution in [-0.2, 0) is 4.79 Å². The Balaban J connectivity index is 1.68. The molecule has 2 N–H and O–H groups in total. The molecular formula is C27H20ClN3O3S. The van der Waals surface area contributed by atoms with Crippen molar-refractivity contribution >= 4 is 40.6 Å². The van der Waals surface area contributed by atoms with Gasteiger partial charge in [-0.3, -0.25) is 14.2 Å². The highest BCUT2D eigenvalue weighted by Crippen LogP contribution is 2.31. The number of hydrogen-bond acceptors (Lipinski definition) is 5. The van der Waals surface area contributed by atoms with Crippen molar-refractivity contribution in [1.29, 1.82) is 0 Å². The maximum Gasteiger partial charge on any atom is 0.271 e. The van der Waals surface area contributed by atoms with E-state index < -0.39 is 6.04 Å². The minimum atomic E-state index is -0.682. The molecule has 0 fully saturated rings. The number of halogens is 1. The number of carbonyl (C=O) groups is 1. The zero-order valence-electron chi connectivity index (χ0n) is 18.6. The van der Waals surface area contributed by atoms with Crippen LogP contribution in [-0.4, -0.2) is 15.6 Å². The van der Waals surface area contributed by atoms with Gasteiger partial charge in [-0.15, -0.1) is 0 Å². The summed E-state index contributed by atoms with van der Waals surface area (Å²) in [5.74, 6) is -0.221. The number of anilines is 1. The molecule has 1 aliphatic heterocycles. The molecule has 2 heterocycles. The van der Waals surface area contributed by atoms with Gasteiger partial charge >= 0.3 is 0 Å². The fourth-order valence-corrected chi connectivity index (χ4v) is 5.23. The zero-order chi connectivity index (χ0) is 24.5. The first-order valence-corrected chi connectivity index (χ1v) is 12.0. The predicted octanol–water partition coefficient (Wildman–Crippen LogP) is 4.23. The molecule has 1 atom stereocenters. The molecule has 0 saturated carbocycles. The Bertz CT molecular complexity index is 1640. The monoisotopic (exact) mass is 501 g/mol. The van der Waals surface area contributed by atoms with Crippen molar-refractivity contribution in [3.63, 3.8) is 0 Å². The van der Waals surface area contributed by atoms with E-state index in [2.05, 4.69) is 10.3 Å². The number of nitrogens with one attached hydrogen (secondary N) is 1. The lowest BCUT2D eigenvalue weighted by Gasteiger charge is -2.25. The molecule has 35 heavy (non-hydrogen) atoms. The number of phenols is 1. The van der Waals surface area contributed by atoms with Crippen LogP contribution in [0.15, 0.2) is 99.9 Å². The second kappa shape index (κ2) is 9.37. The normalized spacial score (nSPS) is 15.5. The number of para-hydroxylation sites is 1. The van der Waals surface area contributed by atoms with Gasteiger partial charge in [0.2, 0.25) is 0 Å². The molecule has 1 aliphatic rings. The Hall–Kier alpha value is -3.94. The van der Waals surface area contributed by atoms with Gasteiger partial charge in [-0.1, -0.05) is 65.4 Å². The highest BCUT2D eigenvalue weighted by Gasteiger charge is 2.32. The van der Waals surface area contributed by atoms with Gasteiger partial charge in [0.25, 0.3) is 11.5 Å². The lowest BCUT2D eigenvalue weighted by atomic mass is 9.95. The van der Waals surface area contributed by atoms with E-state index in [4.69, 9.17) is 11.6 Å². The van der Waals surface area contributed by atoms with Gasteiger partial charge in [-0.25, -0.2) is 4.99 Å². The Morgan fingerprint density at radius 2 is 1.83 bits per heavy atom. The van der Waals surface area contributed by atoms with E-state index in [1.165, 1.54) is 11.3 Å². The highest BCUT2D eigenvalue weighted by atomic mass is 35.5. The number of phenolic OH excluding ortho intramolecular Hbond substituents is 1. The largest absolute Gasteiger partial charge is 0.508 e. The standard InChI is InChI=1S/C27H20ClN3O3S/c1-16-23(25(33)30-20-7-3-2-4-8-20)24(18-10-12-19(28)13-11-18)31-26(34)22(35-27(31)29-16)15-17-6-5-9-21(32)14-17/h2-15,24,32H,1H3,(H,30,33)/b22-15+/t24-/m0/s1. The molecule has 3 aromatic carbocycles. The number of nitrogens with zero attached hydrogens (tertiary/aromatic N) is 2. The second-order valence-electron chi connectivity index (χ2n) is 8.05. The van der Waals surface area contributed by atoms with Gasteiger partial charge in [-0.05, 0) is 60.5 Å². The Labute approximate surface area is 209 Å². The average Bonchev–Trinajstić information content (AvgIpc) is 3.13. The van der Waals surface area contributed by atoms with E-state index in [1.54, 1.807) is 66.1 Å². The van der Waals surface area contributed by atoms with E-state index in [0.717, 1.165) is 5.56 Å². The third-order valence-corrected chi connectivity index (χ3v) is 6.89. The predicted molar refractivity (Wildman–Crippen MR) is 138 cm³/mol. The summed E-state index contributed by atoms with van der Waals surface area (Å²) < 4.78 is 2.00. The van der Waals surface area contributed by atoms with Gasteiger partial charge in [0, 0.05) is 10.7 Å². The molecular weight excluding hydrogens is 482 g/mol. The number of hydrogen-bond donors (Lipinski definition) is 2. The number of rotatable bonds is 4. The summed E-state index contributed by atoms with van der Waals surface area (Å²) in [7, 11) is 0. The second-order valence-corrected chi connectivity index (χ2v) is 9.49. The molecule has 5 rings (SSSR count). The first-order valence-electron chi connectivity index (χ1n) is 10.8. The lowest BCUT2D eigenvalue weighted by Crippen LogP contribution is -2.40. The summed E-state index contributed by atoms with van der Waals surface area (Å²) >= 11 is 7.36. The summed E-state index contributed by atoms with van der Waals surface area (Å²) in [5, 5.41) is 13.3. The quantitative estimate of drug-likeness (QED) is 0.439. The molecule has 174 valence electrons. The molecule has 8 heteroatoms. The Morgan fingerprint density at radius 1 is 1.09 bits per heavy atom. The van der Waals surface area contributed by atoms with Crippen molar-refractivity contribution in [1.82, 2.24) is 4.57 Å². The zero-order valence-corrected chi connectivity index (χ0v) is 20.2. The van der Waals surface area contributed by atoms with Crippen molar-refractivity contribution in [3.8, 4) is 5.75 Å². The molecule has 4 aromatic rings.